The topological polar surface area (TPSA) is 122 Å². The highest BCUT2D eigenvalue weighted by atomic mass is 32.2. The highest BCUT2D eigenvalue weighted by Gasteiger charge is 2.65. The molecular weight excluding hydrogens is 590 g/mol. The molecule has 45 heavy (non-hydrogen) atoms. The molecule has 1 aliphatic heterocycles. The van der Waals surface area contributed by atoms with Crippen LogP contribution in [0.2, 0.25) is 0 Å². The third-order valence-electron chi connectivity index (χ3n) is 13.6. The van der Waals surface area contributed by atoms with Crippen molar-refractivity contribution < 1.29 is 32.9 Å². The predicted molar refractivity (Wildman–Crippen MR) is 172 cm³/mol. The lowest BCUT2D eigenvalue weighted by Gasteiger charge is -2.64. The molecule has 8 nitrogen and oxygen atoms in total. The van der Waals surface area contributed by atoms with Crippen LogP contribution in [-0.4, -0.2) is 49.1 Å². The SMILES string of the molecule is CC[C@H]1[C@@H](O)[C@@H]2[C@H](CC[C@]3(C)[C@@H]([C@H](C)COC(=O)NS(=O)(=O)c4ccc5c(c4)CCC(C)(C)O5)CC[C@@H]23)[C@@]2(C)CC[C@@H](O)C[C@@H]12. The monoisotopic (exact) mass is 645 g/mol. The van der Waals surface area contributed by atoms with Gasteiger partial charge in [0.2, 0.25) is 0 Å². The van der Waals surface area contributed by atoms with Crippen molar-refractivity contribution in [1.29, 1.82) is 0 Å². The van der Waals surface area contributed by atoms with Gasteiger partial charge in [-0.05, 0) is 148 Å². The molecule has 1 aromatic carbocycles. The summed E-state index contributed by atoms with van der Waals surface area (Å²) >= 11 is 0. The van der Waals surface area contributed by atoms with Crippen molar-refractivity contribution in [2.24, 2.45) is 52.3 Å². The maximum Gasteiger partial charge on any atom is 0.421 e. The van der Waals surface area contributed by atoms with Crippen LogP contribution in [0.15, 0.2) is 23.1 Å². The first-order chi connectivity index (χ1) is 21.1. The zero-order valence-electron chi connectivity index (χ0n) is 28.1. The van der Waals surface area contributed by atoms with Crippen LogP contribution in [-0.2, 0) is 21.2 Å². The van der Waals surface area contributed by atoms with Crippen LogP contribution in [0.25, 0.3) is 0 Å². The van der Waals surface area contributed by atoms with Crippen LogP contribution < -0.4 is 9.46 Å². The summed E-state index contributed by atoms with van der Waals surface area (Å²) in [5.74, 6) is 2.77. The van der Waals surface area contributed by atoms with Crippen LogP contribution >= 0.6 is 0 Å². The van der Waals surface area contributed by atoms with Gasteiger partial charge in [0.1, 0.15) is 11.4 Å². The van der Waals surface area contributed by atoms with Crippen molar-refractivity contribution in [3.63, 3.8) is 0 Å². The predicted octanol–water partition coefficient (Wildman–Crippen LogP) is 6.47. The summed E-state index contributed by atoms with van der Waals surface area (Å²) in [6.07, 6.45) is 7.82. The zero-order valence-corrected chi connectivity index (χ0v) is 28.9. The number of benzene rings is 1. The Morgan fingerprint density at radius 3 is 2.47 bits per heavy atom. The van der Waals surface area contributed by atoms with Gasteiger partial charge in [-0.15, -0.1) is 0 Å². The Morgan fingerprint density at radius 2 is 1.73 bits per heavy atom. The number of sulfonamides is 1. The van der Waals surface area contributed by atoms with E-state index in [1.165, 1.54) is 6.07 Å². The van der Waals surface area contributed by atoms with E-state index in [2.05, 4.69) is 32.4 Å². The van der Waals surface area contributed by atoms with Gasteiger partial charge in [0.25, 0.3) is 10.0 Å². The molecule has 0 spiro atoms. The fourth-order valence-corrected chi connectivity index (χ4v) is 12.2. The first kappa shape index (κ1) is 33.1. The number of aliphatic hydroxyl groups excluding tert-OH is 2. The third kappa shape index (κ3) is 5.71. The van der Waals surface area contributed by atoms with Gasteiger partial charge in [0.05, 0.1) is 23.7 Å². The largest absolute Gasteiger partial charge is 0.488 e. The molecule has 11 atom stereocenters. The number of hydrogen-bond donors (Lipinski definition) is 3. The lowest BCUT2D eigenvalue weighted by atomic mass is 9.41. The molecule has 252 valence electrons. The molecule has 1 amide bonds. The summed E-state index contributed by atoms with van der Waals surface area (Å²) in [6, 6.07) is 4.71. The van der Waals surface area contributed by atoms with Crippen molar-refractivity contribution in [2.45, 2.75) is 128 Å². The molecule has 6 rings (SSSR count). The van der Waals surface area contributed by atoms with Gasteiger partial charge in [-0.25, -0.2) is 17.9 Å². The average molecular weight is 646 g/mol. The van der Waals surface area contributed by atoms with Gasteiger partial charge in [-0.1, -0.05) is 34.1 Å². The Bertz CT molecular complexity index is 1400. The maximum atomic E-state index is 13.1. The molecule has 4 aliphatic carbocycles. The third-order valence-corrected chi connectivity index (χ3v) is 14.9. The van der Waals surface area contributed by atoms with Crippen LogP contribution in [0.5, 0.6) is 5.75 Å². The second-order valence-electron chi connectivity index (χ2n) is 16.4. The van der Waals surface area contributed by atoms with E-state index in [-0.39, 0.29) is 57.9 Å². The Kier molecular flexibility index (Phi) is 8.59. The second-order valence-corrected chi connectivity index (χ2v) is 18.1. The highest BCUT2D eigenvalue weighted by Crippen LogP contribution is 2.69. The van der Waals surface area contributed by atoms with Gasteiger partial charge in [-0.2, -0.15) is 0 Å². The summed E-state index contributed by atoms with van der Waals surface area (Å²) < 4.78 is 39.8. The summed E-state index contributed by atoms with van der Waals surface area (Å²) in [6.45, 7) is 13.3. The fourth-order valence-electron chi connectivity index (χ4n) is 11.3. The Morgan fingerprint density at radius 1 is 1.02 bits per heavy atom. The average Bonchev–Trinajstić information content (AvgIpc) is 3.33. The molecule has 0 saturated heterocycles. The molecule has 5 aliphatic rings. The number of fused-ring (bicyclic) bond motifs is 6. The number of rotatable bonds is 6. The number of aliphatic hydroxyl groups is 2. The van der Waals surface area contributed by atoms with Crippen LogP contribution in [0.4, 0.5) is 4.79 Å². The highest BCUT2D eigenvalue weighted by molar-refractivity contribution is 7.90. The van der Waals surface area contributed by atoms with E-state index in [0.717, 1.165) is 63.4 Å². The van der Waals surface area contributed by atoms with Gasteiger partial charge >= 0.3 is 6.09 Å². The molecule has 4 fully saturated rings. The van der Waals surface area contributed by atoms with Gasteiger partial charge in [0, 0.05) is 0 Å². The molecule has 9 heteroatoms. The van der Waals surface area contributed by atoms with E-state index in [1.807, 2.05) is 13.8 Å². The minimum atomic E-state index is -4.09. The van der Waals surface area contributed by atoms with E-state index in [0.29, 0.717) is 35.8 Å². The number of ether oxygens (including phenoxy) is 2. The second kappa shape index (κ2) is 11.7. The number of amides is 1. The maximum absolute atomic E-state index is 13.1. The molecule has 3 N–H and O–H groups in total. The molecule has 0 aromatic heterocycles. The van der Waals surface area contributed by atoms with Crippen LogP contribution in [0, 0.1) is 52.3 Å². The summed E-state index contributed by atoms with van der Waals surface area (Å²) in [5, 5.41) is 22.5. The first-order valence-corrected chi connectivity index (χ1v) is 19.0. The number of carbonyl (C=O) groups excluding carboxylic acids is 1. The van der Waals surface area contributed by atoms with Gasteiger partial charge in [0.15, 0.2) is 0 Å². The van der Waals surface area contributed by atoms with Crippen LogP contribution in [0.1, 0.15) is 105 Å². The van der Waals surface area contributed by atoms with Crippen molar-refractivity contribution in [3.05, 3.63) is 23.8 Å². The molecule has 0 unspecified atom stereocenters. The lowest BCUT2D eigenvalue weighted by Crippen LogP contribution is -2.62. The lowest BCUT2D eigenvalue weighted by molar-refractivity contribution is -0.203. The summed E-state index contributed by atoms with van der Waals surface area (Å²) in [4.78, 5) is 12.8. The van der Waals surface area contributed by atoms with E-state index in [4.69, 9.17) is 9.47 Å². The summed E-state index contributed by atoms with van der Waals surface area (Å²) in [7, 11) is -4.09. The van der Waals surface area contributed by atoms with Crippen molar-refractivity contribution >= 4 is 16.1 Å². The fraction of sp³-hybridized carbons (Fsp3) is 0.806. The molecule has 0 bridgehead atoms. The van der Waals surface area contributed by atoms with Gasteiger partial charge < -0.3 is 19.7 Å². The van der Waals surface area contributed by atoms with Crippen molar-refractivity contribution in [1.82, 2.24) is 4.72 Å². The zero-order chi connectivity index (χ0) is 32.5. The summed E-state index contributed by atoms with van der Waals surface area (Å²) in [5.41, 5.74) is 0.709. The number of carbonyl (C=O) groups is 1. The first-order valence-electron chi connectivity index (χ1n) is 17.5. The molecule has 1 heterocycles. The quantitative estimate of drug-likeness (QED) is 0.324. The van der Waals surface area contributed by atoms with Crippen molar-refractivity contribution in [3.8, 4) is 5.75 Å². The normalized spacial score (nSPS) is 41.0. The van der Waals surface area contributed by atoms with E-state index in [9.17, 15) is 23.4 Å². The minimum Gasteiger partial charge on any atom is -0.488 e. The molecular formula is C36H55NO7S. The van der Waals surface area contributed by atoms with E-state index < -0.39 is 16.1 Å². The molecule has 0 radical (unpaired) electrons. The Balaban J connectivity index is 1.10. The molecule has 4 saturated carbocycles. The number of hydrogen-bond acceptors (Lipinski definition) is 7. The Hall–Kier alpha value is -1.84. The molecule has 1 aromatic rings. The van der Waals surface area contributed by atoms with E-state index in [1.54, 1.807) is 12.1 Å². The van der Waals surface area contributed by atoms with E-state index >= 15 is 0 Å². The standard InChI is InChI=1S/C36H55NO7S/c1-7-25-29-19-23(38)13-16-36(29,6)28-14-17-35(5)26(9-10-27(35)31(28)32(25)39)21(2)20-43-33(40)37-45(41,42)24-8-11-30-22(18-24)12-15-34(3,4)44-30/h8,11,18,21,23,25-29,31-32,38-39H,7,9-10,12-17,19-20H2,1-6H3,(H,37,40)/t21-,23-,25-,26-,27+,28+,29+,31+,32-,35-,36-/m1/s1. The number of aryl methyl sites for hydroxylation is 1. The number of nitrogens with one attached hydrogen (secondary N) is 1. The van der Waals surface area contributed by atoms with Crippen molar-refractivity contribution in [2.75, 3.05) is 6.61 Å². The Labute approximate surface area is 270 Å². The smallest absolute Gasteiger partial charge is 0.421 e. The minimum absolute atomic E-state index is 0.0253. The van der Waals surface area contributed by atoms with Gasteiger partial charge in [-0.3, -0.25) is 0 Å². The van der Waals surface area contributed by atoms with Crippen LogP contribution in [0.3, 0.4) is 0 Å².